The van der Waals surface area contributed by atoms with Gasteiger partial charge in [0.1, 0.15) is 11.1 Å². The fraction of sp³-hybridized carbons (Fsp3) is 0.125. The number of nitrogens with zero attached hydrogens (tertiary/aromatic N) is 4. The third-order valence-electron chi connectivity index (χ3n) is 5.03. The lowest BCUT2D eigenvalue weighted by atomic mass is 10.2. The van der Waals surface area contributed by atoms with Crippen molar-refractivity contribution in [3.05, 3.63) is 58.4 Å². The number of rotatable bonds is 5. The van der Waals surface area contributed by atoms with Crippen LogP contribution in [-0.4, -0.2) is 18.6 Å². The Morgan fingerprint density at radius 2 is 1.81 bits per heavy atom. The van der Waals surface area contributed by atoms with Gasteiger partial charge in [-0.1, -0.05) is 12.1 Å². The van der Waals surface area contributed by atoms with E-state index in [0.717, 1.165) is 26.6 Å². The van der Waals surface area contributed by atoms with E-state index in [0.29, 0.717) is 12.0 Å². The lowest BCUT2D eigenvalue weighted by Crippen LogP contribution is -2.16. The number of hydrogen-bond donors (Lipinski definition) is 0. The lowest BCUT2D eigenvalue weighted by molar-refractivity contribution is 0.915. The number of fused-ring (bicyclic) bond motifs is 3. The van der Waals surface area contributed by atoms with E-state index in [2.05, 4.69) is 46.3 Å². The molecule has 0 fully saturated rings. The molecule has 5 aromatic rings. The normalized spacial score (nSPS) is 11.8. The number of thiophene rings is 2. The highest BCUT2D eigenvalue weighted by molar-refractivity contribution is 7.24. The predicted molar refractivity (Wildman–Crippen MR) is 134 cm³/mol. The molecular formula is C24H16N4S3. The molecule has 3 heterocycles. The second-order valence-corrected chi connectivity index (χ2v) is 10.4. The molecule has 0 aliphatic heterocycles. The van der Waals surface area contributed by atoms with Crippen molar-refractivity contribution in [2.24, 2.45) is 0 Å². The van der Waals surface area contributed by atoms with Gasteiger partial charge in [-0.2, -0.15) is 10.5 Å². The monoisotopic (exact) mass is 456 g/mol. The molecule has 31 heavy (non-hydrogen) atoms. The van der Waals surface area contributed by atoms with E-state index in [1.54, 1.807) is 34.0 Å². The average Bonchev–Trinajstić information content (AvgIpc) is 3.48. The molecule has 7 heteroatoms. The van der Waals surface area contributed by atoms with E-state index in [4.69, 9.17) is 5.26 Å². The smallest absolute Gasteiger partial charge is 0.135 e. The van der Waals surface area contributed by atoms with Crippen LogP contribution in [0.15, 0.2) is 48.5 Å². The summed E-state index contributed by atoms with van der Waals surface area (Å²) in [4.78, 5) is 7.81. The molecule has 5 rings (SSSR count). The van der Waals surface area contributed by atoms with Crippen LogP contribution in [0.1, 0.15) is 16.3 Å². The van der Waals surface area contributed by atoms with Gasteiger partial charge in [-0.05, 0) is 53.2 Å². The first kappa shape index (κ1) is 19.7. The zero-order valence-corrected chi connectivity index (χ0v) is 19.1. The van der Waals surface area contributed by atoms with Crippen LogP contribution in [0.2, 0.25) is 0 Å². The Labute approximate surface area is 191 Å². The number of allylic oxidation sites excluding steroid dienone is 1. The average molecular weight is 457 g/mol. The largest absolute Gasteiger partial charge is 0.365 e. The second-order valence-electron chi connectivity index (χ2n) is 7.15. The quantitative estimate of drug-likeness (QED) is 0.264. The summed E-state index contributed by atoms with van der Waals surface area (Å²) >= 11 is 4.98. The van der Waals surface area contributed by atoms with Crippen molar-refractivity contribution < 1.29 is 0 Å². The molecule has 0 aliphatic rings. The SMILES string of the molecule is CN(CCC#N)c1cc2cc3cc(/C=C(\C#N)c4nc5ccccc5s4)sc3cc2s1. The van der Waals surface area contributed by atoms with Crippen molar-refractivity contribution in [3.63, 3.8) is 0 Å². The third kappa shape index (κ3) is 3.80. The summed E-state index contributed by atoms with van der Waals surface area (Å²) in [5.74, 6) is 0. The summed E-state index contributed by atoms with van der Waals surface area (Å²) in [6.45, 7) is 0.731. The van der Waals surface area contributed by atoms with Crippen molar-refractivity contribution in [2.45, 2.75) is 6.42 Å². The van der Waals surface area contributed by atoms with Gasteiger partial charge in [0.05, 0.1) is 33.3 Å². The van der Waals surface area contributed by atoms with Gasteiger partial charge >= 0.3 is 0 Å². The first-order valence-electron chi connectivity index (χ1n) is 9.67. The number of thiazole rings is 1. The molecule has 0 spiro atoms. The van der Waals surface area contributed by atoms with E-state index >= 15 is 0 Å². The summed E-state index contributed by atoms with van der Waals surface area (Å²) in [6.07, 6.45) is 2.46. The van der Waals surface area contributed by atoms with Crippen molar-refractivity contribution in [1.29, 1.82) is 10.5 Å². The Morgan fingerprint density at radius 3 is 2.61 bits per heavy atom. The van der Waals surface area contributed by atoms with Gasteiger partial charge in [-0.3, -0.25) is 0 Å². The number of para-hydroxylation sites is 1. The maximum absolute atomic E-state index is 9.74. The first-order chi connectivity index (χ1) is 15.1. The predicted octanol–water partition coefficient (Wildman–Crippen LogP) is 7.14. The standard InChI is InChI=1S/C24H16N4S3/c1-28(8-4-7-25)23-12-16-9-15-10-18(29-21(15)13-22(16)30-23)11-17(14-26)24-27-19-5-2-3-6-20(19)31-24/h2-3,5-6,9-13H,4,8H2,1H3/b17-11+. The Bertz CT molecular complexity index is 1450. The molecule has 2 aromatic carbocycles. The van der Waals surface area contributed by atoms with E-state index in [1.807, 2.05) is 37.4 Å². The van der Waals surface area contributed by atoms with Gasteiger partial charge in [0.15, 0.2) is 0 Å². The maximum Gasteiger partial charge on any atom is 0.135 e. The minimum absolute atomic E-state index is 0.519. The zero-order valence-electron chi connectivity index (χ0n) is 16.6. The number of anilines is 1. The van der Waals surface area contributed by atoms with Gasteiger partial charge in [0.25, 0.3) is 0 Å². The summed E-state index contributed by atoms with van der Waals surface area (Å²) in [5, 5.41) is 22.9. The molecule has 0 unspecified atom stereocenters. The van der Waals surface area contributed by atoms with Crippen molar-refractivity contribution >= 4 is 81.0 Å². The summed E-state index contributed by atoms with van der Waals surface area (Å²) in [5.41, 5.74) is 1.52. The molecule has 150 valence electrons. The van der Waals surface area contributed by atoms with Gasteiger partial charge in [0.2, 0.25) is 0 Å². The van der Waals surface area contributed by atoms with Crippen LogP contribution >= 0.6 is 34.0 Å². The topological polar surface area (TPSA) is 63.7 Å². The minimum atomic E-state index is 0.519. The second kappa shape index (κ2) is 8.13. The van der Waals surface area contributed by atoms with Crippen molar-refractivity contribution in [3.8, 4) is 12.1 Å². The van der Waals surface area contributed by atoms with Gasteiger partial charge in [0, 0.05) is 27.9 Å². The molecule has 0 aliphatic carbocycles. The van der Waals surface area contributed by atoms with E-state index in [9.17, 15) is 5.26 Å². The lowest BCUT2D eigenvalue weighted by Gasteiger charge is -2.14. The number of aromatic nitrogens is 1. The fourth-order valence-electron chi connectivity index (χ4n) is 3.44. The van der Waals surface area contributed by atoms with Crippen LogP contribution < -0.4 is 4.90 Å². The Morgan fingerprint density at radius 1 is 1.00 bits per heavy atom. The Balaban J connectivity index is 1.50. The van der Waals surface area contributed by atoms with E-state index < -0.39 is 0 Å². The van der Waals surface area contributed by atoms with Crippen LogP contribution in [0.5, 0.6) is 0 Å². The molecule has 0 saturated carbocycles. The van der Waals surface area contributed by atoms with Crippen molar-refractivity contribution in [2.75, 3.05) is 18.5 Å². The highest BCUT2D eigenvalue weighted by atomic mass is 32.1. The molecule has 4 nitrogen and oxygen atoms in total. The Kier molecular flexibility index (Phi) is 5.17. The van der Waals surface area contributed by atoms with Crippen LogP contribution in [0, 0.1) is 22.7 Å². The maximum atomic E-state index is 9.74. The molecule has 0 N–H and O–H groups in total. The van der Waals surface area contributed by atoms with Crippen LogP contribution in [0.25, 0.3) is 42.0 Å². The third-order valence-corrected chi connectivity index (χ3v) is 8.35. The molecule has 0 bridgehead atoms. The highest BCUT2D eigenvalue weighted by Gasteiger charge is 2.12. The Hall–Kier alpha value is -3.23. The van der Waals surface area contributed by atoms with Crippen LogP contribution in [-0.2, 0) is 0 Å². The van der Waals surface area contributed by atoms with Crippen LogP contribution in [0.3, 0.4) is 0 Å². The highest BCUT2D eigenvalue weighted by Crippen LogP contribution is 2.38. The van der Waals surface area contributed by atoms with E-state index in [-0.39, 0.29) is 0 Å². The number of benzene rings is 2. The van der Waals surface area contributed by atoms with Crippen LogP contribution in [0.4, 0.5) is 5.00 Å². The first-order valence-corrected chi connectivity index (χ1v) is 12.1. The minimum Gasteiger partial charge on any atom is -0.365 e. The number of nitriles is 2. The summed E-state index contributed by atoms with van der Waals surface area (Å²) in [7, 11) is 2.03. The fourth-order valence-corrected chi connectivity index (χ4v) is 6.55. The molecular weight excluding hydrogens is 440 g/mol. The molecule has 0 amide bonds. The molecule has 3 aromatic heterocycles. The van der Waals surface area contributed by atoms with Gasteiger partial charge in [-0.25, -0.2) is 4.98 Å². The number of hydrogen-bond acceptors (Lipinski definition) is 7. The van der Waals surface area contributed by atoms with E-state index in [1.165, 1.54) is 25.2 Å². The summed E-state index contributed by atoms with van der Waals surface area (Å²) < 4.78 is 3.52. The van der Waals surface area contributed by atoms with Crippen molar-refractivity contribution in [1.82, 2.24) is 4.98 Å². The molecule has 0 saturated heterocycles. The van der Waals surface area contributed by atoms with Gasteiger partial charge < -0.3 is 4.90 Å². The zero-order chi connectivity index (χ0) is 21.4. The molecule has 0 radical (unpaired) electrons. The molecule has 0 atom stereocenters. The summed E-state index contributed by atoms with van der Waals surface area (Å²) in [6, 6.07) is 21.2. The van der Waals surface area contributed by atoms with Gasteiger partial charge in [-0.15, -0.1) is 34.0 Å².